The molecule has 26 heavy (non-hydrogen) atoms. The minimum absolute atomic E-state index is 0. The minimum atomic E-state index is -0.150. The number of nitrogens with zero attached hydrogens (tertiary/aromatic N) is 1. The molecule has 0 fully saturated rings. The second-order valence-corrected chi connectivity index (χ2v) is 6.00. The molecular formula is C18H33IN4O3. The molecule has 0 aliphatic carbocycles. The van der Waals surface area contributed by atoms with E-state index in [1.807, 2.05) is 19.9 Å². The average Bonchev–Trinajstić information content (AvgIpc) is 3.10. The molecule has 0 bridgehead atoms. The highest BCUT2D eigenvalue weighted by molar-refractivity contribution is 14.0. The second-order valence-electron chi connectivity index (χ2n) is 6.00. The van der Waals surface area contributed by atoms with Gasteiger partial charge >= 0.3 is 0 Å². The highest BCUT2D eigenvalue weighted by Crippen LogP contribution is 2.09. The number of carbonyl (C=O) groups is 1. The van der Waals surface area contributed by atoms with Gasteiger partial charge in [-0.2, -0.15) is 0 Å². The van der Waals surface area contributed by atoms with E-state index in [0.717, 1.165) is 25.3 Å². The van der Waals surface area contributed by atoms with Crippen LogP contribution in [0.4, 0.5) is 0 Å². The van der Waals surface area contributed by atoms with Gasteiger partial charge in [0.05, 0.1) is 18.9 Å². The van der Waals surface area contributed by atoms with E-state index < -0.39 is 0 Å². The molecule has 0 radical (unpaired) electrons. The number of halogens is 1. The molecule has 3 N–H and O–H groups in total. The Morgan fingerprint density at radius 1 is 1.27 bits per heavy atom. The smallest absolute Gasteiger partial charge is 0.242 e. The van der Waals surface area contributed by atoms with E-state index in [4.69, 9.17) is 9.15 Å². The van der Waals surface area contributed by atoms with Gasteiger partial charge in [-0.25, -0.2) is 4.99 Å². The zero-order valence-electron chi connectivity index (χ0n) is 16.2. The lowest BCUT2D eigenvalue weighted by atomic mass is 10.0. The largest absolute Gasteiger partial charge is 0.467 e. The maximum atomic E-state index is 11.9. The number of aliphatic imine (C=N–C) groups is 1. The van der Waals surface area contributed by atoms with Gasteiger partial charge in [-0.3, -0.25) is 4.79 Å². The highest BCUT2D eigenvalue weighted by atomic mass is 127. The Morgan fingerprint density at radius 3 is 2.62 bits per heavy atom. The van der Waals surface area contributed by atoms with Crippen molar-refractivity contribution in [2.45, 2.75) is 46.8 Å². The number of ether oxygens (including phenoxy) is 1. The van der Waals surface area contributed by atoms with Gasteiger partial charge in [0.25, 0.3) is 0 Å². The van der Waals surface area contributed by atoms with Gasteiger partial charge in [0.2, 0.25) is 5.91 Å². The standard InChI is InChI=1S/C18H32N4O3.HI/c1-5-19-18(20-10-9-16(14(3)4)24-6-2)22-13-17(23)21-12-15-8-7-11-25-15;/h7-8,11,14,16H,5-6,9-10,12-13H2,1-4H3,(H,21,23)(H2,19,20,22);1H. The number of furan rings is 1. The van der Waals surface area contributed by atoms with Crippen molar-refractivity contribution in [1.29, 1.82) is 0 Å². The molecule has 0 aliphatic heterocycles. The van der Waals surface area contributed by atoms with Gasteiger partial charge in [0.15, 0.2) is 5.96 Å². The maximum Gasteiger partial charge on any atom is 0.242 e. The zero-order chi connectivity index (χ0) is 18.5. The molecule has 0 aromatic carbocycles. The summed E-state index contributed by atoms with van der Waals surface area (Å²) in [7, 11) is 0. The Labute approximate surface area is 173 Å². The van der Waals surface area contributed by atoms with E-state index in [9.17, 15) is 4.79 Å². The Hall–Kier alpha value is -1.29. The summed E-state index contributed by atoms with van der Waals surface area (Å²) < 4.78 is 10.9. The molecule has 1 aromatic heterocycles. The van der Waals surface area contributed by atoms with E-state index in [-0.39, 0.29) is 42.5 Å². The van der Waals surface area contributed by atoms with Crippen LogP contribution in [-0.4, -0.2) is 44.2 Å². The van der Waals surface area contributed by atoms with E-state index in [1.54, 1.807) is 12.3 Å². The Bertz CT molecular complexity index is 507. The molecular weight excluding hydrogens is 447 g/mol. The fraction of sp³-hybridized carbons (Fsp3) is 0.667. The molecule has 0 saturated carbocycles. The summed E-state index contributed by atoms with van der Waals surface area (Å²) >= 11 is 0. The van der Waals surface area contributed by atoms with Gasteiger partial charge in [0.1, 0.15) is 12.3 Å². The van der Waals surface area contributed by atoms with Crippen LogP contribution in [0.2, 0.25) is 0 Å². The summed E-state index contributed by atoms with van der Waals surface area (Å²) in [4.78, 5) is 16.2. The van der Waals surface area contributed by atoms with Crippen molar-refractivity contribution in [2.24, 2.45) is 10.9 Å². The van der Waals surface area contributed by atoms with Crippen molar-refractivity contribution >= 4 is 35.8 Å². The van der Waals surface area contributed by atoms with E-state index in [0.29, 0.717) is 25.0 Å². The molecule has 0 saturated heterocycles. The van der Waals surface area contributed by atoms with Crippen LogP contribution in [0, 0.1) is 5.92 Å². The first kappa shape index (κ1) is 24.7. The molecule has 1 atom stereocenters. The van der Waals surface area contributed by atoms with Crippen LogP contribution in [0.3, 0.4) is 0 Å². The summed E-state index contributed by atoms with van der Waals surface area (Å²) in [5, 5.41) is 9.17. The van der Waals surface area contributed by atoms with Gasteiger partial charge < -0.3 is 25.1 Å². The molecule has 1 heterocycles. The van der Waals surface area contributed by atoms with Crippen molar-refractivity contribution < 1.29 is 13.9 Å². The lowest BCUT2D eigenvalue weighted by Gasteiger charge is -2.21. The van der Waals surface area contributed by atoms with Crippen molar-refractivity contribution in [3.8, 4) is 0 Å². The van der Waals surface area contributed by atoms with E-state index >= 15 is 0 Å². The molecule has 150 valence electrons. The summed E-state index contributed by atoms with van der Waals surface area (Å²) in [6, 6.07) is 3.61. The van der Waals surface area contributed by atoms with Gasteiger partial charge in [-0.05, 0) is 38.3 Å². The third kappa shape index (κ3) is 10.6. The Kier molecular flexibility index (Phi) is 14.1. The molecule has 1 rings (SSSR count). The SMILES string of the molecule is CCNC(=NCC(=O)NCc1ccco1)NCCC(OCC)C(C)C.I. The van der Waals surface area contributed by atoms with Crippen LogP contribution in [-0.2, 0) is 16.1 Å². The summed E-state index contributed by atoms with van der Waals surface area (Å²) in [6.45, 7) is 10.9. The van der Waals surface area contributed by atoms with Crippen molar-refractivity contribution in [1.82, 2.24) is 16.0 Å². The number of guanidine groups is 1. The first-order chi connectivity index (χ1) is 12.1. The van der Waals surface area contributed by atoms with Crippen molar-refractivity contribution in [3.05, 3.63) is 24.2 Å². The third-order valence-electron chi connectivity index (χ3n) is 3.61. The average molecular weight is 480 g/mol. The van der Waals surface area contributed by atoms with Gasteiger partial charge in [0, 0.05) is 19.7 Å². The van der Waals surface area contributed by atoms with Crippen LogP contribution in [0.15, 0.2) is 27.8 Å². The number of carbonyl (C=O) groups excluding carboxylic acids is 1. The normalized spacial score (nSPS) is 12.4. The van der Waals surface area contributed by atoms with Gasteiger partial charge in [-0.15, -0.1) is 24.0 Å². The third-order valence-corrected chi connectivity index (χ3v) is 3.61. The number of rotatable bonds is 11. The van der Waals surface area contributed by atoms with Crippen LogP contribution in [0.5, 0.6) is 0 Å². The highest BCUT2D eigenvalue weighted by Gasteiger charge is 2.13. The molecule has 0 spiro atoms. The number of nitrogens with one attached hydrogen (secondary N) is 3. The second kappa shape index (κ2) is 14.8. The number of amides is 1. The van der Waals surface area contributed by atoms with Crippen LogP contribution >= 0.6 is 24.0 Å². The fourth-order valence-electron chi connectivity index (χ4n) is 2.30. The number of hydrogen-bond acceptors (Lipinski definition) is 4. The lowest BCUT2D eigenvalue weighted by Crippen LogP contribution is -2.40. The van der Waals surface area contributed by atoms with Crippen LogP contribution in [0.25, 0.3) is 0 Å². The molecule has 0 aliphatic rings. The topological polar surface area (TPSA) is 87.9 Å². The maximum absolute atomic E-state index is 11.9. The number of hydrogen-bond donors (Lipinski definition) is 3. The summed E-state index contributed by atoms with van der Waals surface area (Å²) in [6.07, 6.45) is 2.69. The quantitative estimate of drug-likeness (QED) is 0.258. The monoisotopic (exact) mass is 480 g/mol. The van der Waals surface area contributed by atoms with Gasteiger partial charge in [-0.1, -0.05) is 13.8 Å². The zero-order valence-corrected chi connectivity index (χ0v) is 18.5. The van der Waals surface area contributed by atoms with Crippen molar-refractivity contribution in [2.75, 3.05) is 26.2 Å². The van der Waals surface area contributed by atoms with E-state index in [1.165, 1.54) is 0 Å². The first-order valence-corrected chi connectivity index (χ1v) is 8.99. The summed E-state index contributed by atoms with van der Waals surface area (Å²) in [5.41, 5.74) is 0. The molecule has 7 nitrogen and oxygen atoms in total. The predicted molar refractivity (Wildman–Crippen MR) is 115 cm³/mol. The van der Waals surface area contributed by atoms with Crippen molar-refractivity contribution in [3.63, 3.8) is 0 Å². The summed E-state index contributed by atoms with van der Waals surface area (Å²) in [5.74, 6) is 1.67. The predicted octanol–water partition coefficient (Wildman–Crippen LogP) is 2.52. The molecule has 1 amide bonds. The fourth-order valence-corrected chi connectivity index (χ4v) is 2.30. The molecule has 8 heteroatoms. The Morgan fingerprint density at radius 2 is 2.04 bits per heavy atom. The van der Waals surface area contributed by atoms with E-state index in [2.05, 4.69) is 34.8 Å². The first-order valence-electron chi connectivity index (χ1n) is 8.99. The molecule has 1 unspecified atom stereocenters. The molecule has 1 aromatic rings. The van der Waals surface area contributed by atoms with Crippen LogP contribution < -0.4 is 16.0 Å². The Balaban J connectivity index is 0.00000625. The lowest BCUT2D eigenvalue weighted by molar-refractivity contribution is -0.119. The minimum Gasteiger partial charge on any atom is -0.467 e. The van der Waals surface area contributed by atoms with Crippen LogP contribution in [0.1, 0.15) is 39.9 Å².